The van der Waals surface area contributed by atoms with Crippen molar-refractivity contribution in [3.63, 3.8) is 0 Å². The normalized spacial score (nSPS) is 10.7. The van der Waals surface area contributed by atoms with Gasteiger partial charge in [-0.3, -0.25) is 0 Å². The number of aromatic nitrogens is 1. The van der Waals surface area contributed by atoms with E-state index in [0.717, 1.165) is 18.8 Å². The molecule has 84 valence electrons. The van der Waals surface area contributed by atoms with E-state index in [2.05, 4.69) is 23.7 Å². The second-order valence-corrected chi connectivity index (χ2v) is 4.20. The highest BCUT2D eigenvalue weighted by atomic mass is 35.5. The summed E-state index contributed by atoms with van der Waals surface area (Å²) in [5.74, 6) is 0.961. The predicted molar refractivity (Wildman–Crippen MR) is 65.4 cm³/mol. The van der Waals surface area contributed by atoms with Gasteiger partial charge in [-0.1, -0.05) is 11.6 Å². The molecule has 2 N–H and O–H groups in total. The molecule has 0 radical (unpaired) electrons. The van der Waals surface area contributed by atoms with Gasteiger partial charge >= 0.3 is 0 Å². The minimum Gasteiger partial charge on any atom is -0.354 e. The number of anilines is 1. The van der Waals surface area contributed by atoms with Crippen LogP contribution in [0.4, 0.5) is 5.82 Å². The van der Waals surface area contributed by atoms with E-state index in [-0.39, 0.29) is 0 Å². The molecule has 3 nitrogen and oxygen atoms in total. The van der Waals surface area contributed by atoms with Gasteiger partial charge in [0.1, 0.15) is 5.82 Å². The molecule has 0 spiro atoms. The zero-order valence-corrected chi connectivity index (χ0v) is 10.0. The van der Waals surface area contributed by atoms with E-state index < -0.39 is 0 Å². The van der Waals surface area contributed by atoms with Crippen molar-refractivity contribution < 1.29 is 0 Å². The van der Waals surface area contributed by atoms with Crippen LogP contribution in [0.5, 0.6) is 0 Å². The maximum Gasteiger partial charge on any atom is 0.128 e. The molecule has 1 aromatic rings. The van der Waals surface area contributed by atoms with Crippen LogP contribution in [0.25, 0.3) is 0 Å². The first-order valence-corrected chi connectivity index (χ1v) is 5.61. The van der Waals surface area contributed by atoms with Crippen molar-refractivity contribution in [3.8, 4) is 0 Å². The van der Waals surface area contributed by atoms with Crippen molar-refractivity contribution >= 4 is 17.4 Å². The van der Waals surface area contributed by atoms with Crippen LogP contribution in [0, 0.1) is 0 Å². The van der Waals surface area contributed by atoms with Crippen LogP contribution in [-0.2, 0) is 0 Å². The first-order valence-electron chi connectivity index (χ1n) is 5.23. The molecule has 1 aromatic heterocycles. The third-order valence-electron chi connectivity index (χ3n) is 2.23. The van der Waals surface area contributed by atoms with Gasteiger partial charge in [-0.05, 0) is 38.9 Å². The molecular formula is C11H18ClN3. The molecule has 0 aliphatic heterocycles. The van der Waals surface area contributed by atoms with Crippen molar-refractivity contribution in [1.29, 1.82) is 0 Å². The number of hydrogen-bond donors (Lipinski definition) is 1. The van der Waals surface area contributed by atoms with Crippen molar-refractivity contribution in [2.75, 3.05) is 18.0 Å². The number of rotatable bonds is 5. The van der Waals surface area contributed by atoms with Gasteiger partial charge in [-0.2, -0.15) is 0 Å². The molecule has 0 unspecified atom stereocenters. The average Bonchev–Trinajstić information content (AvgIpc) is 2.21. The molecule has 0 amide bonds. The topological polar surface area (TPSA) is 42.1 Å². The second-order valence-electron chi connectivity index (χ2n) is 3.76. The SMILES string of the molecule is CC(C)N(CCCN)c1ccc(Cl)cn1. The van der Waals surface area contributed by atoms with E-state index in [1.165, 1.54) is 0 Å². The maximum absolute atomic E-state index is 5.80. The molecule has 0 saturated heterocycles. The van der Waals surface area contributed by atoms with E-state index in [9.17, 15) is 0 Å². The van der Waals surface area contributed by atoms with Crippen molar-refractivity contribution in [2.24, 2.45) is 5.73 Å². The summed E-state index contributed by atoms with van der Waals surface area (Å²) in [6.45, 7) is 5.93. The highest BCUT2D eigenvalue weighted by Gasteiger charge is 2.10. The number of halogens is 1. The van der Waals surface area contributed by atoms with Crippen LogP contribution in [0.2, 0.25) is 5.02 Å². The van der Waals surface area contributed by atoms with Crippen LogP contribution in [0.3, 0.4) is 0 Å². The van der Waals surface area contributed by atoms with E-state index in [1.807, 2.05) is 12.1 Å². The van der Waals surface area contributed by atoms with Crippen LogP contribution in [0.1, 0.15) is 20.3 Å². The van der Waals surface area contributed by atoms with Gasteiger partial charge in [0.2, 0.25) is 0 Å². The van der Waals surface area contributed by atoms with Gasteiger partial charge in [0.05, 0.1) is 5.02 Å². The molecule has 4 heteroatoms. The fourth-order valence-electron chi connectivity index (χ4n) is 1.44. The minimum absolute atomic E-state index is 0.422. The van der Waals surface area contributed by atoms with E-state index >= 15 is 0 Å². The monoisotopic (exact) mass is 227 g/mol. The Hall–Kier alpha value is -0.800. The first-order chi connectivity index (χ1) is 7.15. The molecule has 0 aliphatic carbocycles. The Kier molecular flexibility index (Phi) is 4.85. The van der Waals surface area contributed by atoms with Crippen molar-refractivity contribution in [1.82, 2.24) is 4.98 Å². The minimum atomic E-state index is 0.422. The Balaban J connectivity index is 2.74. The molecule has 1 heterocycles. The molecule has 0 aliphatic rings. The van der Waals surface area contributed by atoms with Crippen LogP contribution < -0.4 is 10.6 Å². The van der Waals surface area contributed by atoms with Gasteiger partial charge in [0.15, 0.2) is 0 Å². The lowest BCUT2D eigenvalue weighted by molar-refractivity contribution is 0.649. The van der Waals surface area contributed by atoms with Gasteiger partial charge in [0, 0.05) is 18.8 Å². The number of hydrogen-bond acceptors (Lipinski definition) is 3. The summed E-state index contributed by atoms with van der Waals surface area (Å²) in [5.41, 5.74) is 5.51. The van der Waals surface area contributed by atoms with Crippen molar-refractivity contribution in [2.45, 2.75) is 26.3 Å². The summed E-state index contributed by atoms with van der Waals surface area (Å²) >= 11 is 5.80. The predicted octanol–water partition coefficient (Wildman–Crippen LogP) is 2.30. The van der Waals surface area contributed by atoms with E-state index in [4.69, 9.17) is 17.3 Å². The second kappa shape index (κ2) is 5.93. The molecule has 0 aromatic carbocycles. The molecule has 0 bridgehead atoms. The Bertz CT molecular complexity index is 284. The number of nitrogens with zero attached hydrogens (tertiary/aromatic N) is 2. The highest BCUT2D eigenvalue weighted by Crippen LogP contribution is 2.16. The number of nitrogens with two attached hydrogens (primary N) is 1. The van der Waals surface area contributed by atoms with Crippen LogP contribution in [0.15, 0.2) is 18.3 Å². The van der Waals surface area contributed by atoms with E-state index in [0.29, 0.717) is 17.6 Å². The lowest BCUT2D eigenvalue weighted by atomic mass is 10.2. The fourth-order valence-corrected chi connectivity index (χ4v) is 1.55. The maximum atomic E-state index is 5.80. The Morgan fingerprint density at radius 3 is 2.67 bits per heavy atom. The van der Waals surface area contributed by atoms with Gasteiger partial charge in [0.25, 0.3) is 0 Å². The lowest BCUT2D eigenvalue weighted by Crippen LogP contribution is -2.33. The largest absolute Gasteiger partial charge is 0.354 e. The van der Waals surface area contributed by atoms with E-state index in [1.54, 1.807) is 6.20 Å². The highest BCUT2D eigenvalue weighted by molar-refractivity contribution is 6.30. The Morgan fingerprint density at radius 2 is 2.20 bits per heavy atom. The molecule has 0 atom stereocenters. The molecule has 0 fully saturated rings. The zero-order valence-electron chi connectivity index (χ0n) is 9.28. The fraction of sp³-hybridized carbons (Fsp3) is 0.545. The third kappa shape index (κ3) is 3.68. The molecule has 15 heavy (non-hydrogen) atoms. The Morgan fingerprint density at radius 1 is 1.47 bits per heavy atom. The summed E-state index contributed by atoms with van der Waals surface area (Å²) in [6, 6.07) is 4.23. The van der Waals surface area contributed by atoms with Gasteiger partial charge < -0.3 is 10.6 Å². The first kappa shape index (κ1) is 12.3. The summed E-state index contributed by atoms with van der Waals surface area (Å²) in [5, 5.41) is 0.668. The molecular weight excluding hydrogens is 210 g/mol. The molecule has 1 rings (SSSR count). The Labute approximate surface area is 96.2 Å². The summed E-state index contributed by atoms with van der Waals surface area (Å²) < 4.78 is 0. The molecule has 0 saturated carbocycles. The summed E-state index contributed by atoms with van der Waals surface area (Å²) in [7, 11) is 0. The number of pyridine rings is 1. The van der Waals surface area contributed by atoms with Crippen molar-refractivity contribution in [3.05, 3.63) is 23.4 Å². The van der Waals surface area contributed by atoms with Gasteiger partial charge in [-0.25, -0.2) is 4.98 Å². The van der Waals surface area contributed by atoms with Crippen LogP contribution in [-0.4, -0.2) is 24.1 Å². The standard InChI is InChI=1S/C11H18ClN3/c1-9(2)15(7-3-6-13)11-5-4-10(12)8-14-11/h4-5,8-9H,3,6-7,13H2,1-2H3. The average molecular weight is 228 g/mol. The quantitative estimate of drug-likeness (QED) is 0.840. The van der Waals surface area contributed by atoms with Gasteiger partial charge in [-0.15, -0.1) is 0 Å². The zero-order chi connectivity index (χ0) is 11.3. The third-order valence-corrected chi connectivity index (χ3v) is 2.46. The van der Waals surface area contributed by atoms with Crippen LogP contribution >= 0.6 is 11.6 Å². The lowest BCUT2D eigenvalue weighted by Gasteiger charge is -2.27. The summed E-state index contributed by atoms with van der Waals surface area (Å²) in [4.78, 5) is 6.53. The smallest absolute Gasteiger partial charge is 0.128 e. The summed E-state index contributed by atoms with van der Waals surface area (Å²) in [6.07, 6.45) is 2.65.